The van der Waals surface area contributed by atoms with E-state index < -0.39 is 5.92 Å². The third-order valence-corrected chi connectivity index (χ3v) is 4.92. The number of benzene rings is 3. The first kappa shape index (κ1) is 17.1. The van der Waals surface area contributed by atoms with Crippen LogP contribution < -0.4 is 15.0 Å². The monoisotopic (exact) mass is 360 g/mol. The average Bonchev–Trinajstić information content (AvgIpc) is 3.09. The molecule has 0 unspecified atom stereocenters. The summed E-state index contributed by atoms with van der Waals surface area (Å²) in [7, 11) is 1.56. The lowest BCUT2D eigenvalue weighted by molar-refractivity contribution is -0.122. The van der Waals surface area contributed by atoms with Crippen LogP contribution in [0.2, 0.25) is 0 Å². The van der Waals surface area contributed by atoms with Crippen molar-refractivity contribution in [2.24, 2.45) is 5.92 Å². The molecule has 1 saturated heterocycles. The number of hydrogen-bond donors (Lipinski definition) is 1. The standard InChI is InChI=1S/C22H20N2O3/c1-27-20-12-5-4-10-18(20)23-22(26)16-13-21(25)24(14-16)19-11-6-8-15-7-2-3-9-17(15)19/h2-12,16H,13-14H2,1H3,(H,23,26)/t16-/m1/s1. The van der Waals surface area contributed by atoms with E-state index in [2.05, 4.69) is 5.32 Å². The van der Waals surface area contributed by atoms with E-state index in [1.807, 2.05) is 54.6 Å². The van der Waals surface area contributed by atoms with Crippen LogP contribution in [-0.2, 0) is 9.59 Å². The topological polar surface area (TPSA) is 58.6 Å². The number of hydrogen-bond acceptors (Lipinski definition) is 3. The highest BCUT2D eigenvalue weighted by Gasteiger charge is 2.35. The maximum Gasteiger partial charge on any atom is 0.229 e. The summed E-state index contributed by atoms with van der Waals surface area (Å²) >= 11 is 0. The summed E-state index contributed by atoms with van der Waals surface area (Å²) in [6, 6.07) is 21.1. The minimum Gasteiger partial charge on any atom is -0.495 e. The second kappa shape index (κ2) is 7.11. The van der Waals surface area contributed by atoms with E-state index in [0.29, 0.717) is 18.0 Å². The van der Waals surface area contributed by atoms with Gasteiger partial charge in [-0.15, -0.1) is 0 Å². The molecule has 0 aromatic heterocycles. The van der Waals surface area contributed by atoms with Crippen LogP contribution in [-0.4, -0.2) is 25.5 Å². The number of methoxy groups -OCH3 is 1. The normalized spacial score (nSPS) is 16.6. The number of carbonyl (C=O) groups excluding carboxylic acids is 2. The van der Waals surface area contributed by atoms with E-state index in [0.717, 1.165) is 16.5 Å². The molecule has 0 saturated carbocycles. The number of para-hydroxylation sites is 2. The van der Waals surface area contributed by atoms with Crippen molar-refractivity contribution in [3.8, 4) is 5.75 Å². The zero-order chi connectivity index (χ0) is 18.8. The Balaban J connectivity index is 1.56. The predicted octanol–water partition coefficient (Wildman–Crippen LogP) is 3.84. The Labute approximate surface area is 157 Å². The molecule has 5 nitrogen and oxygen atoms in total. The van der Waals surface area contributed by atoms with Crippen molar-refractivity contribution >= 4 is 34.0 Å². The van der Waals surface area contributed by atoms with Gasteiger partial charge in [0.05, 0.1) is 24.4 Å². The minimum absolute atomic E-state index is 0.0356. The first-order chi connectivity index (χ1) is 13.2. The van der Waals surface area contributed by atoms with Gasteiger partial charge in [0.2, 0.25) is 11.8 Å². The Morgan fingerprint density at radius 3 is 2.63 bits per heavy atom. The lowest BCUT2D eigenvalue weighted by atomic mass is 10.1. The molecule has 3 aromatic carbocycles. The molecule has 1 heterocycles. The molecule has 0 bridgehead atoms. The quantitative estimate of drug-likeness (QED) is 0.769. The van der Waals surface area contributed by atoms with E-state index in [4.69, 9.17) is 4.74 Å². The van der Waals surface area contributed by atoms with E-state index >= 15 is 0 Å². The number of anilines is 2. The summed E-state index contributed by atoms with van der Waals surface area (Å²) in [6.45, 7) is 0.369. The molecule has 2 amide bonds. The summed E-state index contributed by atoms with van der Waals surface area (Å²) in [4.78, 5) is 27.1. The molecular weight excluding hydrogens is 340 g/mol. The molecule has 3 aromatic rings. The van der Waals surface area contributed by atoms with Crippen LogP contribution in [0.3, 0.4) is 0 Å². The molecule has 0 spiro atoms. The zero-order valence-corrected chi connectivity index (χ0v) is 15.0. The van der Waals surface area contributed by atoms with E-state index in [9.17, 15) is 9.59 Å². The zero-order valence-electron chi connectivity index (χ0n) is 15.0. The van der Waals surface area contributed by atoms with Crippen LogP contribution in [0.25, 0.3) is 10.8 Å². The summed E-state index contributed by atoms with van der Waals surface area (Å²) in [5, 5.41) is 4.98. The molecular formula is C22H20N2O3. The van der Waals surface area contributed by atoms with Crippen LogP contribution in [0.1, 0.15) is 6.42 Å². The van der Waals surface area contributed by atoms with Gasteiger partial charge in [0.1, 0.15) is 5.75 Å². The number of rotatable bonds is 4. The Hall–Kier alpha value is -3.34. The summed E-state index contributed by atoms with van der Waals surface area (Å²) in [6.07, 6.45) is 0.199. The SMILES string of the molecule is COc1ccccc1NC(=O)[C@@H]1CC(=O)N(c2cccc3ccccc23)C1. The smallest absolute Gasteiger partial charge is 0.229 e. The first-order valence-corrected chi connectivity index (χ1v) is 8.89. The fourth-order valence-corrected chi connectivity index (χ4v) is 3.54. The second-order valence-electron chi connectivity index (χ2n) is 6.59. The number of fused-ring (bicyclic) bond motifs is 1. The van der Waals surface area contributed by atoms with Gasteiger partial charge in [0, 0.05) is 18.4 Å². The molecule has 136 valence electrons. The fraction of sp³-hybridized carbons (Fsp3) is 0.182. The van der Waals surface area contributed by atoms with Crippen LogP contribution >= 0.6 is 0 Å². The van der Waals surface area contributed by atoms with Crippen molar-refractivity contribution in [2.45, 2.75) is 6.42 Å². The largest absolute Gasteiger partial charge is 0.495 e. The molecule has 27 heavy (non-hydrogen) atoms. The van der Waals surface area contributed by atoms with Crippen LogP contribution in [0.15, 0.2) is 66.7 Å². The van der Waals surface area contributed by atoms with Crippen molar-refractivity contribution in [1.29, 1.82) is 0 Å². The molecule has 1 atom stereocenters. The third-order valence-electron chi connectivity index (χ3n) is 4.92. The molecule has 1 N–H and O–H groups in total. The third kappa shape index (κ3) is 3.24. The first-order valence-electron chi connectivity index (χ1n) is 8.89. The second-order valence-corrected chi connectivity index (χ2v) is 6.59. The number of nitrogens with zero attached hydrogens (tertiary/aromatic N) is 1. The van der Waals surface area contributed by atoms with Gasteiger partial charge in [0.25, 0.3) is 0 Å². The van der Waals surface area contributed by atoms with Gasteiger partial charge < -0.3 is 15.0 Å². The van der Waals surface area contributed by atoms with Gasteiger partial charge in [-0.1, -0.05) is 48.5 Å². The van der Waals surface area contributed by atoms with Gasteiger partial charge >= 0.3 is 0 Å². The number of ether oxygens (including phenoxy) is 1. The van der Waals surface area contributed by atoms with Crippen LogP contribution in [0.5, 0.6) is 5.75 Å². The molecule has 5 heteroatoms. The Morgan fingerprint density at radius 2 is 1.78 bits per heavy atom. The maximum atomic E-state index is 12.7. The lowest BCUT2D eigenvalue weighted by Crippen LogP contribution is -2.28. The summed E-state index contributed by atoms with van der Waals surface area (Å²) in [5.74, 6) is -0.00965. The Kier molecular flexibility index (Phi) is 4.50. The molecule has 4 rings (SSSR count). The Morgan fingerprint density at radius 1 is 1.04 bits per heavy atom. The number of nitrogens with one attached hydrogen (secondary N) is 1. The number of carbonyl (C=O) groups is 2. The Bertz CT molecular complexity index is 1010. The summed E-state index contributed by atoms with van der Waals surface area (Å²) in [5.41, 5.74) is 1.46. The fourth-order valence-electron chi connectivity index (χ4n) is 3.54. The molecule has 1 aliphatic rings. The van der Waals surface area contributed by atoms with Crippen LogP contribution in [0.4, 0.5) is 11.4 Å². The summed E-state index contributed by atoms with van der Waals surface area (Å²) < 4.78 is 5.28. The van der Waals surface area contributed by atoms with Gasteiger partial charge in [-0.25, -0.2) is 0 Å². The van der Waals surface area contributed by atoms with Crippen molar-refractivity contribution in [1.82, 2.24) is 0 Å². The highest BCUT2D eigenvalue weighted by Crippen LogP contribution is 2.32. The molecule has 0 radical (unpaired) electrons. The van der Waals surface area contributed by atoms with E-state index in [-0.39, 0.29) is 18.2 Å². The van der Waals surface area contributed by atoms with E-state index in [1.165, 1.54) is 0 Å². The van der Waals surface area contributed by atoms with E-state index in [1.54, 1.807) is 24.1 Å². The van der Waals surface area contributed by atoms with Crippen molar-refractivity contribution in [3.63, 3.8) is 0 Å². The van der Waals surface area contributed by atoms with Gasteiger partial charge in [-0.05, 0) is 23.6 Å². The minimum atomic E-state index is -0.401. The van der Waals surface area contributed by atoms with Crippen LogP contribution in [0, 0.1) is 5.92 Å². The van der Waals surface area contributed by atoms with Crippen molar-refractivity contribution in [2.75, 3.05) is 23.9 Å². The molecule has 0 aliphatic carbocycles. The maximum absolute atomic E-state index is 12.7. The van der Waals surface area contributed by atoms with Gasteiger partial charge in [0.15, 0.2) is 0 Å². The molecule has 1 fully saturated rings. The van der Waals surface area contributed by atoms with Crippen molar-refractivity contribution < 1.29 is 14.3 Å². The average molecular weight is 360 g/mol. The molecule has 1 aliphatic heterocycles. The number of amides is 2. The predicted molar refractivity (Wildman–Crippen MR) is 106 cm³/mol. The highest BCUT2D eigenvalue weighted by molar-refractivity contribution is 6.08. The highest BCUT2D eigenvalue weighted by atomic mass is 16.5. The van der Waals surface area contributed by atoms with Gasteiger partial charge in [-0.2, -0.15) is 0 Å². The lowest BCUT2D eigenvalue weighted by Gasteiger charge is -2.19. The van der Waals surface area contributed by atoms with Crippen molar-refractivity contribution in [3.05, 3.63) is 66.7 Å². The van der Waals surface area contributed by atoms with Gasteiger partial charge in [-0.3, -0.25) is 9.59 Å².